The van der Waals surface area contributed by atoms with Crippen LogP contribution in [-0.2, 0) is 11.3 Å². The predicted octanol–water partition coefficient (Wildman–Crippen LogP) is 2.80. The Hall–Kier alpha value is -3.13. The maximum atomic E-state index is 12.6. The van der Waals surface area contributed by atoms with E-state index in [1.165, 1.54) is 4.57 Å². The maximum Gasteiger partial charge on any atom is 0.262 e. The van der Waals surface area contributed by atoms with E-state index in [0.717, 1.165) is 0 Å². The van der Waals surface area contributed by atoms with Gasteiger partial charge in [-0.15, -0.1) is 0 Å². The van der Waals surface area contributed by atoms with Crippen LogP contribution < -0.4 is 20.3 Å². The number of rotatable bonds is 6. The molecule has 2 N–H and O–H groups in total. The first-order chi connectivity index (χ1) is 14.1. The fourth-order valence-corrected chi connectivity index (χ4v) is 3.56. The molecule has 0 fully saturated rings. The number of nitrogens with one attached hydrogen (secondary N) is 2. The van der Waals surface area contributed by atoms with Crippen LogP contribution in [0.1, 0.15) is 12.8 Å². The van der Waals surface area contributed by atoms with Gasteiger partial charge in [-0.25, -0.2) is 0 Å². The van der Waals surface area contributed by atoms with E-state index in [2.05, 4.69) is 10.3 Å². The number of fused-ring (bicyclic) bond motifs is 2. The van der Waals surface area contributed by atoms with Gasteiger partial charge in [0.2, 0.25) is 5.91 Å². The van der Waals surface area contributed by atoms with Crippen LogP contribution in [0, 0.1) is 4.77 Å². The SMILES string of the molecule is O=C(CCCn1c(=S)[nH]c2ccccc2c1=O)NC[C@H]1COc2ccccc2O1. The van der Waals surface area contributed by atoms with Gasteiger partial charge in [0, 0.05) is 13.0 Å². The minimum absolute atomic E-state index is 0.101. The number of aromatic nitrogens is 2. The lowest BCUT2D eigenvalue weighted by atomic mass is 10.2. The Kier molecular flexibility index (Phi) is 5.62. The summed E-state index contributed by atoms with van der Waals surface area (Å²) in [5.41, 5.74) is 0.573. The van der Waals surface area contributed by atoms with Crippen molar-refractivity contribution in [1.29, 1.82) is 0 Å². The predicted molar refractivity (Wildman–Crippen MR) is 112 cm³/mol. The Morgan fingerprint density at radius 2 is 1.93 bits per heavy atom. The van der Waals surface area contributed by atoms with Crippen LogP contribution in [0.4, 0.5) is 0 Å². The fourth-order valence-electron chi connectivity index (χ4n) is 3.28. The Balaban J connectivity index is 1.28. The molecule has 29 heavy (non-hydrogen) atoms. The van der Waals surface area contributed by atoms with E-state index in [-0.39, 0.29) is 24.0 Å². The minimum atomic E-state index is -0.231. The van der Waals surface area contributed by atoms with Crippen molar-refractivity contribution in [1.82, 2.24) is 14.9 Å². The molecule has 1 aliphatic rings. The number of ether oxygens (including phenoxy) is 2. The van der Waals surface area contributed by atoms with Crippen molar-refractivity contribution in [2.24, 2.45) is 0 Å². The first-order valence-corrected chi connectivity index (χ1v) is 9.89. The topological polar surface area (TPSA) is 85.4 Å². The Morgan fingerprint density at radius 3 is 2.79 bits per heavy atom. The molecule has 2 heterocycles. The minimum Gasteiger partial charge on any atom is -0.486 e. The van der Waals surface area contributed by atoms with Crippen LogP contribution in [0.25, 0.3) is 10.9 Å². The zero-order chi connectivity index (χ0) is 20.2. The van der Waals surface area contributed by atoms with Gasteiger partial charge in [0.15, 0.2) is 16.3 Å². The lowest BCUT2D eigenvalue weighted by molar-refractivity contribution is -0.121. The molecule has 4 rings (SSSR count). The summed E-state index contributed by atoms with van der Waals surface area (Å²) < 4.78 is 13.3. The standard InChI is InChI=1S/C21H21N3O4S/c25-19(22-12-14-13-27-17-8-3-4-9-18(17)28-14)10-5-11-24-20(26)15-6-1-2-7-16(15)23-21(24)29/h1-4,6-9,14H,5,10-13H2,(H,22,25)(H,23,29)/t14-/m0/s1. The number of para-hydroxylation sites is 3. The molecule has 1 amide bonds. The highest BCUT2D eigenvalue weighted by Crippen LogP contribution is 2.30. The second-order valence-corrected chi connectivity index (χ2v) is 7.22. The van der Waals surface area contributed by atoms with Crippen molar-refractivity contribution in [2.45, 2.75) is 25.5 Å². The number of carbonyl (C=O) groups excluding carboxylic acids is 1. The number of aromatic amines is 1. The number of hydrogen-bond acceptors (Lipinski definition) is 5. The molecular weight excluding hydrogens is 390 g/mol. The van der Waals surface area contributed by atoms with Crippen LogP contribution >= 0.6 is 12.2 Å². The lowest BCUT2D eigenvalue weighted by Crippen LogP contribution is -2.40. The van der Waals surface area contributed by atoms with Gasteiger partial charge >= 0.3 is 0 Å². The molecule has 1 atom stereocenters. The molecule has 150 valence electrons. The molecule has 7 nitrogen and oxygen atoms in total. The van der Waals surface area contributed by atoms with Crippen molar-refractivity contribution in [3.8, 4) is 11.5 Å². The van der Waals surface area contributed by atoms with E-state index < -0.39 is 0 Å². The summed E-state index contributed by atoms with van der Waals surface area (Å²) in [5, 5.41) is 3.45. The van der Waals surface area contributed by atoms with E-state index >= 15 is 0 Å². The highest BCUT2D eigenvalue weighted by Gasteiger charge is 2.20. The average Bonchev–Trinajstić information content (AvgIpc) is 2.74. The van der Waals surface area contributed by atoms with Gasteiger partial charge in [0.1, 0.15) is 12.7 Å². The van der Waals surface area contributed by atoms with E-state index in [1.54, 1.807) is 6.07 Å². The Labute approximate surface area is 172 Å². The van der Waals surface area contributed by atoms with Gasteiger partial charge < -0.3 is 19.8 Å². The number of carbonyl (C=O) groups is 1. The molecule has 1 aliphatic heterocycles. The fraction of sp³-hybridized carbons (Fsp3) is 0.286. The molecular formula is C21H21N3O4S. The van der Waals surface area contributed by atoms with E-state index in [0.29, 0.717) is 53.3 Å². The summed E-state index contributed by atoms with van der Waals surface area (Å²) in [6.45, 7) is 1.13. The zero-order valence-corrected chi connectivity index (χ0v) is 16.5. The number of H-pyrrole nitrogens is 1. The normalized spacial score (nSPS) is 15.2. The number of amides is 1. The molecule has 0 aliphatic carbocycles. The molecule has 1 aromatic heterocycles. The summed E-state index contributed by atoms with van der Waals surface area (Å²) in [6, 6.07) is 14.7. The molecule has 0 unspecified atom stereocenters. The van der Waals surface area contributed by atoms with Gasteiger partial charge in [0.05, 0.1) is 17.4 Å². The zero-order valence-electron chi connectivity index (χ0n) is 15.7. The summed E-state index contributed by atoms with van der Waals surface area (Å²) in [4.78, 5) is 27.8. The van der Waals surface area contributed by atoms with Gasteiger partial charge in [-0.3, -0.25) is 14.2 Å². The molecule has 0 bridgehead atoms. The van der Waals surface area contributed by atoms with E-state index in [9.17, 15) is 9.59 Å². The number of benzene rings is 2. The van der Waals surface area contributed by atoms with Gasteiger partial charge in [-0.1, -0.05) is 24.3 Å². The molecule has 0 spiro atoms. The van der Waals surface area contributed by atoms with Gasteiger partial charge in [0.25, 0.3) is 5.56 Å². The van der Waals surface area contributed by atoms with Crippen LogP contribution in [0.3, 0.4) is 0 Å². The van der Waals surface area contributed by atoms with Crippen LogP contribution in [0.5, 0.6) is 11.5 Å². The van der Waals surface area contributed by atoms with Crippen molar-refractivity contribution >= 4 is 29.0 Å². The quantitative estimate of drug-likeness (QED) is 0.610. The lowest BCUT2D eigenvalue weighted by Gasteiger charge is -2.26. The molecule has 0 saturated carbocycles. The maximum absolute atomic E-state index is 12.6. The van der Waals surface area contributed by atoms with Crippen molar-refractivity contribution in [3.63, 3.8) is 0 Å². The van der Waals surface area contributed by atoms with E-state index in [4.69, 9.17) is 21.7 Å². The smallest absolute Gasteiger partial charge is 0.262 e. The first-order valence-electron chi connectivity index (χ1n) is 9.49. The molecule has 0 radical (unpaired) electrons. The monoisotopic (exact) mass is 411 g/mol. The summed E-state index contributed by atoms with van der Waals surface area (Å²) in [6.07, 6.45) is 0.566. The average molecular weight is 411 g/mol. The van der Waals surface area contributed by atoms with Gasteiger partial charge in [-0.2, -0.15) is 0 Å². The first kappa shape index (κ1) is 19.2. The van der Waals surface area contributed by atoms with Crippen molar-refractivity contribution < 1.29 is 14.3 Å². The molecule has 2 aromatic carbocycles. The highest BCUT2D eigenvalue weighted by atomic mass is 32.1. The van der Waals surface area contributed by atoms with Crippen LogP contribution in [0.15, 0.2) is 53.3 Å². The second-order valence-electron chi connectivity index (χ2n) is 6.84. The molecule has 3 aromatic rings. The third-order valence-corrected chi connectivity index (χ3v) is 5.09. The van der Waals surface area contributed by atoms with Gasteiger partial charge in [-0.05, 0) is 42.9 Å². The molecule has 0 saturated heterocycles. The van der Waals surface area contributed by atoms with Crippen LogP contribution in [-0.4, -0.2) is 34.7 Å². The summed E-state index contributed by atoms with van der Waals surface area (Å²) in [5.74, 6) is 1.30. The van der Waals surface area contributed by atoms with Crippen molar-refractivity contribution in [3.05, 3.63) is 63.7 Å². The third kappa shape index (κ3) is 4.32. The second kappa shape index (κ2) is 8.48. The Bertz CT molecular complexity index is 1150. The van der Waals surface area contributed by atoms with Crippen LogP contribution in [0.2, 0.25) is 0 Å². The highest BCUT2D eigenvalue weighted by molar-refractivity contribution is 7.71. The Morgan fingerprint density at radius 1 is 1.17 bits per heavy atom. The summed E-state index contributed by atoms with van der Waals surface area (Å²) in [7, 11) is 0. The largest absolute Gasteiger partial charge is 0.486 e. The number of hydrogen-bond donors (Lipinski definition) is 2. The van der Waals surface area contributed by atoms with E-state index in [1.807, 2.05) is 42.5 Å². The third-order valence-electron chi connectivity index (χ3n) is 4.77. The summed E-state index contributed by atoms with van der Waals surface area (Å²) >= 11 is 5.29. The number of nitrogens with zero attached hydrogens (tertiary/aromatic N) is 1. The van der Waals surface area contributed by atoms with Crippen molar-refractivity contribution in [2.75, 3.05) is 13.2 Å². The molecule has 8 heteroatoms.